The molecule has 0 radical (unpaired) electrons. The van der Waals surface area contributed by atoms with E-state index in [1.54, 1.807) is 30.3 Å². The zero-order valence-electron chi connectivity index (χ0n) is 15.3. The molecular weight excluding hydrogens is 440 g/mol. The van der Waals surface area contributed by atoms with E-state index in [1.807, 2.05) is 0 Å². The molecule has 8 heteroatoms. The highest BCUT2D eigenvalue weighted by atomic mass is 35.5. The van der Waals surface area contributed by atoms with Crippen LogP contribution < -0.4 is 9.47 Å². The van der Waals surface area contributed by atoms with Crippen molar-refractivity contribution in [2.75, 3.05) is 0 Å². The van der Waals surface area contributed by atoms with Gasteiger partial charge in [0.25, 0.3) is 5.24 Å². The number of alkyl halides is 3. The van der Waals surface area contributed by atoms with Gasteiger partial charge in [0.1, 0.15) is 18.1 Å². The molecule has 0 saturated carbocycles. The minimum absolute atomic E-state index is 0.158. The second-order valence-electron chi connectivity index (χ2n) is 6.24. The lowest BCUT2D eigenvalue weighted by molar-refractivity contribution is -0.138. The molecule has 0 N–H and O–H groups in total. The third-order valence-corrected chi connectivity index (χ3v) is 4.64. The van der Waals surface area contributed by atoms with Crippen LogP contribution in [-0.2, 0) is 17.6 Å². The minimum Gasteiger partial charge on any atom is -0.489 e. The smallest absolute Gasteiger partial charge is 0.416 e. The third kappa shape index (κ3) is 5.46. The molecule has 1 unspecified atom stereocenters. The van der Waals surface area contributed by atoms with Gasteiger partial charge >= 0.3 is 6.18 Å². The summed E-state index contributed by atoms with van der Waals surface area (Å²) in [5, 5.41) is -0.458. The Morgan fingerprint density at radius 3 is 2.20 bits per heavy atom. The monoisotopic (exact) mass is 454 g/mol. The summed E-state index contributed by atoms with van der Waals surface area (Å²) in [5.41, 5.74) is -0.815. The van der Waals surface area contributed by atoms with E-state index in [0.717, 1.165) is 6.07 Å². The molecule has 0 aliphatic heterocycles. The van der Waals surface area contributed by atoms with Gasteiger partial charge in [0, 0.05) is 16.1 Å². The number of para-hydroxylation sites is 1. The quantitative estimate of drug-likeness (QED) is 0.367. The van der Waals surface area contributed by atoms with E-state index in [1.165, 1.54) is 36.4 Å². The van der Waals surface area contributed by atoms with Crippen LogP contribution >= 0.6 is 23.2 Å². The molecule has 0 saturated heterocycles. The maximum absolute atomic E-state index is 13.6. The Morgan fingerprint density at radius 2 is 1.60 bits per heavy atom. The lowest BCUT2D eigenvalue weighted by Crippen LogP contribution is -2.18. The van der Waals surface area contributed by atoms with Gasteiger partial charge in [-0.15, -0.1) is 0 Å². The summed E-state index contributed by atoms with van der Waals surface area (Å²) in [6.07, 6.45) is -5.96. The predicted octanol–water partition coefficient (Wildman–Crippen LogP) is 6.82. The zero-order valence-corrected chi connectivity index (χ0v) is 16.8. The van der Waals surface area contributed by atoms with Crippen LogP contribution in [0.15, 0.2) is 72.8 Å². The number of benzene rings is 3. The molecule has 0 heterocycles. The molecule has 0 aromatic heterocycles. The van der Waals surface area contributed by atoms with Gasteiger partial charge < -0.3 is 9.47 Å². The molecule has 0 aliphatic carbocycles. The summed E-state index contributed by atoms with van der Waals surface area (Å²) >= 11 is 11.5. The molecule has 0 spiro atoms. The van der Waals surface area contributed by atoms with E-state index >= 15 is 0 Å². The topological polar surface area (TPSA) is 35.5 Å². The largest absolute Gasteiger partial charge is 0.489 e. The maximum Gasteiger partial charge on any atom is 0.416 e. The third-order valence-electron chi connectivity index (χ3n) is 4.19. The Hall–Kier alpha value is -2.70. The number of carbonyl (C=O) groups is 1. The van der Waals surface area contributed by atoms with Crippen LogP contribution in [0, 0.1) is 0 Å². The zero-order chi connectivity index (χ0) is 21.7. The number of hydrogen-bond donors (Lipinski definition) is 0. The number of rotatable bonds is 7. The van der Waals surface area contributed by atoms with Crippen LogP contribution in [0.4, 0.5) is 13.2 Å². The van der Waals surface area contributed by atoms with E-state index in [4.69, 9.17) is 32.7 Å². The summed E-state index contributed by atoms with van der Waals surface area (Å²) < 4.78 is 52.0. The molecule has 1 atom stereocenters. The van der Waals surface area contributed by atoms with E-state index in [-0.39, 0.29) is 11.3 Å². The molecule has 0 aliphatic rings. The summed E-state index contributed by atoms with van der Waals surface area (Å²) in [4.78, 5) is 12.0. The molecule has 0 bridgehead atoms. The molecule has 0 fully saturated rings. The van der Waals surface area contributed by atoms with Crippen LogP contribution in [-0.4, -0.2) is 5.24 Å². The highest BCUT2D eigenvalue weighted by molar-refractivity contribution is 6.64. The fourth-order valence-electron chi connectivity index (χ4n) is 2.77. The molecule has 3 aromatic carbocycles. The minimum atomic E-state index is -4.64. The maximum atomic E-state index is 13.6. The second kappa shape index (κ2) is 9.41. The average Bonchev–Trinajstić information content (AvgIpc) is 2.71. The molecular formula is C22H15Cl2F3O3. The normalized spacial score (nSPS) is 12.3. The van der Waals surface area contributed by atoms with Crippen molar-refractivity contribution in [2.45, 2.75) is 18.9 Å². The number of carbonyl (C=O) groups excluding carboxylic acids is 1. The van der Waals surface area contributed by atoms with Gasteiger partial charge in [-0.1, -0.05) is 48.0 Å². The van der Waals surface area contributed by atoms with Crippen molar-refractivity contribution in [2.24, 2.45) is 0 Å². The van der Waals surface area contributed by atoms with E-state index in [2.05, 4.69) is 0 Å². The van der Waals surface area contributed by atoms with Gasteiger partial charge in [-0.2, -0.15) is 13.2 Å². The van der Waals surface area contributed by atoms with Gasteiger partial charge in [0.2, 0.25) is 0 Å². The molecule has 3 aromatic rings. The highest BCUT2D eigenvalue weighted by Crippen LogP contribution is 2.38. The Kier molecular flexibility index (Phi) is 6.90. The first kappa shape index (κ1) is 22.0. The van der Waals surface area contributed by atoms with Crippen LogP contribution in [0.2, 0.25) is 5.02 Å². The average molecular weight is 455 g/mol. The molecule has 30 heavy (non-hydrogen) atoms. The number of halogens is 5. The van der Waals surface area contributed by atoms with E-state index < -0.39 is 29.7 Å². The number of ether oxygens (including phenoxy) is 2. The van der Waals surface area contributed by atoms with Crippen molar-refractivity contribution in [1.82, 2.24) is 0 Å². The van der Waals surface area contributed by atoms with E-state index in [0.29, 0.717) is 16.3 Å². The SMILES string of the molecule is O=C(Cl)C(Oc1cccc(C(F)(F)F)c1COc1ccccc1)c1ccc(Cl)cc1. The first-order chi connectivity index (χ1) is 14.3. The Morgan fingerprint density at radius 1 is 0.933 bits per heavy atom. The summed E-state index contributed by atoms with van der Waals surface area (Å²) in [6.45, 7) is -0.418. The molecule has 3 rings (SSSR count). The fourth-order valence-corrected chi connectivity index (χ4v) is 3.07. The summed E-state index contributed by atoms with van der Waals surface area (Å²) in [5.74, 6) is 0.234. The van der Waals surface area contributed by atoms with Gasteiger partial charge in [0.15, 0.2) is 6.10 Å². The Bertz CT molecular complexity index is 1010. The van der Waals surface area contributed by atoms with Crippen molar-refractivity contribution >= 4 is 28.4 Å². The van der Waals surface area contributed by atoms with E-state index in [9.17, 15) is 18.0 Å². The standard InChI is InChI=1S/C22H15Cl2F3O3/c23-15-11-9-14(10-12-15)20(21(24)28)30-19-8-4-7-18(22(25,26)27)17(19)13-29-16-5-2-1-3-6-16/h1-12,20H,13H2. The van der Waals surface area contributed by atoms with Gasteiger partial charge in [0.05, 0.1) is 5.56 Å². The lowest BCUT2D eigenvalue weighted by atomic mass is 10.1. The first-order valence-corrected chi connectivity index (χ1v) is 9.49. The fraction of sp³-hybridized carbons (Fsp3) is 0.136. The van der Waals surface area contributed by atoms with Gasteiger partial charge in [-0.05, 0) is 48.0 Å². The summed E-state index contributed by atoms with van der Waals surface area (Å²) in [6, 6.07) is 17.9. The molecule has 156 valence electrons. The second-order valence-corrected chi connectivity index (χ2v) is 7.04. The molecule has 0 amide bonds. The predicted molar refractivity (Wildman–Crippen MR) is 108 cm³/mol. The molecule has 3 nitrogen and oxygen atoms in total. The van der Waals surface area contributed by atoms with Crippen LogP contribution in [0.5, 0.6) is 11.5 Å². The van der Waals surface area contributed by atoms with Crippen molar-refractivity contribution in [1.29, 1.82) is 0 Å². The van der Waals surface area contributed by atoms with Crippen LogP contribution in [0.1, 0.15) is 22.8 Å². The van der Waals surface area contributed by atoms with Crippen molar-refractivity contribution < 1.29 is 27.4 Å². The van der Waals surface area contributed by atoms with Crippen LogP contribution in [0.3, 0.4) is 0 Å². The van der Waals surface area contributed by atoms with Crippen LogP contribution in [0.25, 0.3) is 0 Å². The van der Waals surface area contributed by atoms with Crippen molar-refractivity contribution in [3.05, 3.63) is 94.5 Å². The highest BCUT2D eigenvalue weighted by Gasteiger charge is 2.35. The first-order valence-electron chi connectivity index (χ1n) is 8.74. The van der Waals surface area contributed by atoms with Crippen molar-refractivity contribution in [3.63, 3.8) is 0 Å². The van der Waals surface area contributed by atoms with Gasteiger partial charge in [-0.3, -0.25) is 4.79 Å². The number of hydrogen-bond acceptors (Lipinski definition) is 3. The van der Waals surface area contributed by atoms with Gasteiger partial charge in [-0.25, -0.2) is 0 Å². The Balaban J connectivity index is 1.97. The lowest BCUT2D eigenvalue weighted by Gasteiger charge is -2.21. The van der Waals surface area contributed by atoms with Crippen molar-refractivity contribution in [3.8, 4) is 11.5 Å². The Labute approximate surface area is 180 Å². The summed E-state index contributed by atoms with van der Waals surface area (Å²) in [7, 11) is 0.